The molecule has 24 valence electrons. The monoisotopic (exact) mass is 554 g/mol. The second-order valence-corrected chi connectivity index (χ2v) is 0. The average molecular weight is 555 g/mol. The van der Waals surface area contributed by atoms with E-state index in [-0.39, 0.29) is 119 Å². The Balaban J connectivity index is 0. The summed E-state index contributed by atoms with van der Waals surface area (Å²) in [5, 5.41) is 0. The van der Waals surface area contributed by atoms with Gasteiger partial charge in [-0.15, -0.1) is 0 Å². The third kappa shape index (κ3) is 18.6. The summed E-state index contributed by atoms with van der Waals surface area (Å²) in [6.07, 6.45) is 0. The molecule has 5 heavy (non-hydrogen) atoms. The van der Waals surface area contributed by atoms with Crippen molar-refractivity contribution in [3.8, 4) is 0 Å². The van der Waals surface area contributed by atoms with E-state index in [4.69, 9.17) is 0 Å². The van der Waals surface area contributed by atoms with Gasteiger partial charge < -0.3 is 11.0 Å². The second kappa shape index (κ2) is 26.1. The molecule has 0 aliphatic heterocycles. The summed E-state index contributed by atoms with van der Waals surface area (Å²) in [5.74, 6) is 0. The molecule has 0 unspecified atom stereocenters. The molecule has 0 aromatic carbocycles. The number of hydrogen-bond acceptors (Lipinski definition) is 0. The van der Waals surface area contributed by atoms with E-state index in [9.17, 15) is 0 Å². The normalized spacial score (nSPS) is 0. The van der Waals surface area contributed by atoms with Gasteiger partial charge in [0.25, 0.3) is 0 Å². The summed E-state index contributed by atoms with van der Waals surface area (Å²) in [4.78, 5) is 0. The maximum atomic E-state index is 0. The van der Waals surface area contributed by atoms with Crippen LogP contribution in [0.15, 0.2) is 0 Å². The molecule has 5 heteroatoms. The van der Waals surface area contributed by atoms with Gasteiger partial charge in [-0.2, -0.15) is 0 Å². The van der Waals surface area contributed by atoms with Crippen LogP contribution in [0.5, 0.6) is 0 Å². The first-order chi connectivity index (χ1) is 0. The zero-order valence-electron chi connectivity index (χ0n) is 2.86. The Hall–Kier alpha value is 3.43. The van der Waals surface area contributed by atoms with Crippen LogP contribution in [0.1, 0.15) is 0 Å². The Kier molecular flexibility index (Phi) is 207. The smallest absolute Gasteiger partial charge is 0 e. The second-order valence-electron chi connectivity index (χ2n) is 0. The molecule has 2 radical (unpaired) electrons. The molecule has 0 heterocycles. The van der Waals surface area contributed by atoms with Gasteiger partial charge in [0, 0.05) is 108 Å². The van der Waals surface area contributed by atoms with E-state index < -0.39 is 0 Å². The molecule has 0 fully saturated rings. The minimum Gasteiger partial charge on any atom is -0.412 e. The largest absolute Gasteiger partial charge is 0.412 e. The molecular weight excluding hydrogens is 551 g/mol. The molecule has 0 aromatic heterocycles. The van der Waals surface area contributed by atoms with E-state index in [0.29, 0.717) is 0 Å². The predicted molar refractivity (Wildman–Crippen MR) is 7.23 cm³/mol. The van der Waals surface area contributed by atoms with Crippen LogP contribution in [0.3, 0.4) is 0 Å². The first kappa shape index (κ1) is 39.6. The van der Waals surface area contributed by atoms with Crippen LogP contribution in [0.2, 0.25) is 0 Å². The fourth-order valence-electron chi connectivity index (χ4n) is 0. The van der Waals surface area contributed by atoms with E-state index in [1.54, 1.807) is 0 Å². The summed E-state index contributed by atoms with van der Waals surface area (Å²) >= 11 is 0. The van der Waals surface area contributed by atoms with Crippen molar-refractivity contribution in [2.24, 2.45) is 0 Å². The van der Waals surface area contributed by atoms with Crippen molar-refractivity contribution < 1.29 is 119 Å². The van der Waals surface area contributed by atoms with Gasteiger partial charge in [-0.05, 0) is 0 Å². The Morgan fingerprint density at radius 2 is 0.600 bits per heavy atom. The maximum absolute atomic E-state index is 0. The van der Waals surface area contributed by atoms with Crippen LogP contribution in [0.25, 0.3) is 0 Å². The van der Waals surface area contributed by atoms with E-state index in [1.165, 1.54) is 0 Å². The summed E-state index contributed by atoms with van der Waals surface area (Å²) in [5.41, 5.74) is 0. The van der Waals surface area contributed by atoms with Gasteiger partial charge in [0.1, 0.15) is 0 Å². The van der Waals surface area contributed by atoms with Crippen molar-refractivity contribution in [3.63, 3.8) is 0 Å². The topological polar surface area (TPSA) is 63.0 Å². The molecule has 2 nitrogen and oxygen atoms in total. The van der Waals surface area contributed by atoms with E-state index >= 15 is 0 Å². The van der Waals surface area contributed by atoms with Crippen LogP contribution in [0, 0.1) is 88.1 Å². The third-order valence-electron chi connectivity index (χ3n) is 0. The van der Waals surface area contributed by atoms with Gasteiger partial charge in [0.2, 0.25) is 0 Å². The molecular formula is H4Ac2O2Zn. The number of rotatable bonds is 0. The van der Waals surface area contributed by atoms with Gasteiger partial charge in [-0.1, -0.05) is 0 Å². The standard InChI is InChI=1S/2Ac.2H2O.Zn/h;;2*1H2;. The Morgan fingerprint density at radius 3 is 0.600 bits per heavy atom. The molecule has 0 aromatic rings. The number of hydrogen-bond donors (Lipinski definition) is 0. The molecule has 0 atom stereocenters. The molecule has 0 saturated heterocycles. The van der Waals surface area contributed by atoms with Gasteiger partial charge in [0.15, 0.2) is 0 Å². The summed E-state index contributed by atoms with van der Waals surface area (Å²) in [6, 6.07) is 0. The molecule has 0 amide bonds. The summed E-state index contributed by atoms with van der Waals surface area (Å²) in [6.45, 7) is 0. The molecule has 0 aliphatic carbocycles. The van der Waals surface area contributed by atoms with Crippen molar-refractivity contribution in [1.82, 2.24) is 0 Å². The first-order valence-electron chi connectivity index (χ1n) is 0. The Bertz CT molecular complexity index is 7.61. The Labute approximate surface area is 115 Å². The van der Waals surface area contributed by atoms with Crippen molar-refractivity contribution in [2.45, 2.75) is 0 Å². The molecule has 4 N–H and O–H groups in total. The molecule has 0 aliphatic rings. The summed E-state index contributed by atoms with van der Waals surface area (Å²) < 4.78 is 0. The average Bonchev–Trinajstić information content (AvgIpc) is 0. The van der Waals surface area contributed by atoms with Crippen LogP contribution in [-0.2, 0) is 19.5 Å². The van der Waals surface area contributed by atoms with Gasteiger partial charge in [0.05, 0.1) is 0 Å². The molecule has 0 saturated carbocycles. The van der Waals surface area contributed by atoms with Crippen molar-refractivity contribution in [1.29, 1.82) is 0 Å². The Morgan fingerprint density at radius 1 is 0.600 bits per heavy atom. The van der Waals surface area contributed by atoms with Crippen molar-refractivity contribution in [2.75, 3.05) is 0 Å². The van der Waals surface area contributed by atoms with Gasteiger partial charge in [-0.3, -0.25) is 0 Å². The third-order valence-corrected chi connectivity index (χ3v) is 0. The van der Waals surface area contributed by atoms with Crippen LogP contribution in [0.4, 0.5) is 0 Å². The first-order valence-corrected chi connectivity index (χ1v) is 0. The fraction of sp³-hybridized carbons (Fsp3) is 0. The van der Waals surface area contributed by atoms with E-state index in [0.717, 1.165) is 0 Å². The zero-order valence-corrected chi connectivity index (χ0v) is 15.3. The van der Waals surface area contributed by atoms with Crippen molar-refractivity contribution >= 4 is 0 Å². The quantitative estimate of drug-likeness (QED) is 0.322. The summed E-state index contributed by atoms with van der Waals surface area (Å²) in [7, 11) is 0. The maximum Gasteiger partial charge on any atom is 0 e. The van der Waals surface area contributed by atoms with E-state index in [1.807, 2.05) is 0 Å². The van der Waals surface area contributed by atoms with Crippen LogP contribution in [-0.4, -0.2) is 11.0 Å². The minimum atomic E-state index is 0. The SMILES string of the molecule is O.O.[Ac].[Ac].[Zn]. The molecule has 0 spiro atoms. The predicted octanol–water partition coefficient (Wildman–Crippen LogP) is -1.65. The molecule has 0 rings (SSSR count). The zero-order chi connectivity index (χ0) is 0. The minimum absolute atomic E-state index is 0. The molecule has 0 bridgehead atoms. The van der Waals surface area contributed by atoms with E-state index in [2.05, 4.69) is 0 Å². The van der Waals surface area contributed by atoms with Gasteiger partial charge in [-0.25, -0.2) is 0 Å². The van der Waals surface area contributed by atoms with Crippen molar-refractivity contribution in [3.05, 3.63) is 0 Å². The fourth-order valence-corrected chi connectivity index (χ4v) is 0. The van der Waals surface area contributed by atoms with Gasteiger partial charge >= 0.3 is 0 Å². The van der Waals surface area contributed by atoms with Crippen LogP contribution < -0.4 is 0 Å². The van der Waals surface area contributed by atoms with Crippen LogP contribution >= 0.6 is 0 Å².